The van der Waals surface area contributed by atoms with Gasteiger partial charge in [0.05, 0.1) is 36.6 Å². The van der Waals surface area contributed by atoms with Gasteiger partial charge < -0.3 is 29.6 Å². The summed E-state index contributed by atoms with van der Waals surface area (Å²) in [5, 5.41) is 6.02. The lowest BCUT2D eigenvalue weighted by Gasteiger charge is -2.21. The van der Waals surface area contributed by atoms with Gasteiger partial charge in [-0.15, -0.1) is 0 Å². The first-order chi connectivity index (χ1) is 17.0. The first kappa shape index (κ1) is 22.7. The van der Waals surface area contributed by atoms with Crippen LogP contribution in [0, 0.1) is 0 Å². The third-order valence-corrected chi connectivity index (χ3v) is 5.78. The number of fused-ring (bicyclic) bond motifs is 2. The summed E-state index contributed by atoms with van der Waals surface area (Å²) in [6.45, 7) is 3.36. The Morgan fingerprint density at radius 1 is 1.20 bits per heavy atom. The highest BCUT2D eigenvalue weighted by Gasteiger charge is 2.33. The van der Waals surface area contributed by atoms with E-state index in [1.54, 1.807) is 49.5 Å². The topological polar surface area (TPSA) is 124 Å². The second kappa shape index (κ2) is 9.63. The third-order valence-electron chi connectivity index (χ3n) is 5.78. The van der Waals surface area contributed by atoms with Crippen LogP contribution in [0.25, 0.3) is 11.0 Å². The largest absolute Gasteiger partial charge is 0.486 e. The minimum Gasteiger partial charge on any atom is -0.486 e. The molecule has 2 aromatic heterocycles. The average molecular weight is 479 g/mol. The van der Waals surface area contributed by atoms with Crippen LogP contribution < -0.4 is 29.7 Å². The summed E-state index contributed by atoms with van der Waals surface area (Å²) < 4.78 is 21.8. The quantitative estimate of drug-likeness (QED) is 0.525. The van der Waals surface area contributed by atoms with Crippen molar-refractivity contribution in [1.82, 2.24) is 15.3 Å². The SMILES string of the molecule is COc1ccc2nccc(NC(=O)[C@H](C)NC[C@@H]3CN(c4ccc5c(c4)OCCO5)C(=O)O3)c2n1. The van der Waals surface area contributed by atoms with Crippen LogP contribution in [0.15, 0.2) is 42.6 Å². The molecule has 0 bridgehead atoms. The number of amides is 2. The monoisotopic (exact) mass is 479 g/mol. The first-order valence-corrected chi connectivity index (χ1v) is 11.2. The molecule has 182 valence electrons. The van der Waals surface area contributed by atoms with Crippen molar-refractivity contribution < 1.29 is 28.5 Å². The Labute approximate surface area is 201 Å². The molecule has 4 heterocycles. The van der Waals surface area contributed by atoms with Crippen molar-refractivity contribution in [3.63, 3.8) is 0 Å². The van der Waals surface area contributed by atoms with Crippen LogP contribution in [-0.4, -0.2) is 67.5 Å². The molecule has 3 aromatic rings. The Balaban J connectivity index is 1.18. The molecule has 0 radical (unpaired) electrons. The molecule has 11 nitrogen and oxygen atoms in total. The summed E-state index contributed by atoms with van der Waals surface area (Å²) in [6.07, 6.45) is 0.738. The Kier molecular flexibility index (Phi) is 6.23. The maximum atomic E-state index is 12.8. The molecule has 0 spiro atoms. The molecule has 5 rings (SSSR count). The molecule has 2 amide bonds. The molecule has 1 aromatic carbocycles. The van der Waals surface area contributed by atoms with Gasteiger partial charge in [-0.3, -0.25) is 14.7 Å². The normalized spacial score (nSPS) is 17.7. The number of hydrogen-bond donors (Lipinski definition) is 2. The Morgan fingerprint density at radius 3 is 2.86 bits per heavy atom. The van der Waals surface area contributed by atoms with Crippen LogP contribution in [-0.2, 0) is 9.53 Å². The molecular formula is C24H25N5O6. The van der Waals surface area contributed by atoms with Gasteiger partial charge >= 0.3 is 6.09 Å². The fourth-order valence-electron chi connectivity index (χ4n) is 3.90. The van der Waals surface area contributed by atoms with Crippen LogP contribution in [0.2, 0.25) is 0 Å². The number of carbonyl (C=O) groups is 2. The van der Waals surface area contributed by atoms with E-state index >= 15 is 0 Å². The van der Waals surface area contributed by atoms with E-state index in [0.717, 1.165) is 0 Å². The van der Waals surface area contributed by atoms with Crippen molar-refractivity contribution in [2.75, 3.05) is 43.6 Å². The average Bonchev–Trinajstić information content (AvgIpc) is 3.27. The molecule has 1 saturated heterocycles. The molecule has 35 heavy (non-hydrogen) atoms. The third kappa shape index (κ3) is 4.76. The van der Waals surface area contributed by atoms with Gasteiger partial charge in [0.15, 0.2) is 11.5 Å². The van der Waals surface area contributed by atoms with Crippen molar-refractivity contribution >= 4 is 34.4 Å². The van der Waals surface area contributed by atoms with E-state index in [1.807, 2.05) is 0 Å². The number of pyridine rings is 2. The molecule has 2 aliphatic rings. The number of nitrogens with one attached hydrogen (secondary N) is 2. The number of hydrogen-bond acceptors (Lipinski definition) is 9. The van der Waals surface area contributed by atoms with Crippen molar-refractivity contribution in [3.05, 3.63) is 42.6 Å². The van der Waals surface area contributed by atoms with Gasteiger partial charge in [0.1, 0.15) is 24.8 Å². The summed E-state index contributed by atoms with van der Waals surface area (Å²) in [5.74, 6) is 1.43. The van der Waals surface area contributed by atoms with E-state index in [2.05, 4.69) is 20.6 Å². The van der Waals surface area contributed by atoms with E-state index < -0.39 is 18.2 Å². The maximum absolute atomic E-state index is 12.8. The molecule has 1 fully saturated rings. The molecule has 2 N–H and O–H groups in total. The second-order valence-electron chi connectivity index (χ2n) is 8.14. The zero-order chi connectivity index (χ0) is 24.4. The number of nitrogens with zero attached hydrogens (tertiary/aromatic N) is 3. The fourth-order valence-corrected chi connectivity index (χ4v) is 3.90. The highest BCUT2D eigenvalue weighted by Crippen LogP contribution is 2.35. The molecule has 0 unspecified atom stereocenters. The Bertz CT molecular complexity index is 1270. The van der Waals surface area contributed by atoms with E-state index in [4.69, 9.17) is 18.9 Å². The first-order valence-electron chi connectivity index (χ1n) is 11.2. The molecule has 2 aliphatic heterocycles. The van der Waals surface area contributed by atoms with E-state index in [-0.39, 0.29) is 5.91 Å². The van der Waals surface area contributed by atoms with Crippen LogP contribution in [0.4, 0.5) is 16.2 Å². The van der Waals surface area contributed by atoms with Crippen LogP contribution in [0.1, 0.15) is 6.92 Å². The predicted molar refractivity (Wildman–Crippen MR) is 127 cm³/mol. The van der Waals surface area contributed by atoms with Gasteiger partial charge in [-0.1, -0.05) is 0 Å². The Morgan fingerprint density at radius 2 is 2.03 bits per heavy atom. The van der Waals surface area contributed by atoms with E-state index in [1.165, 1.54) is 12.0 Å². The number of carbonyl (C=O) groups excluding carboxylic acids is 2. The van der Waals surface area contributed by atoms with Gasteiger partial charge in [0.2, 0.25) is 11.8 Å². The number of cyclic esters (lactones) is 1. The molecule has 2 atom stereocenters. The van der Waals surface area contributed by atoms with Crippen LogP contribution >= 0.6 is 0 Å². The smallest absolute Gasteiger partial charge is 0.414 e. The zero-order valence-electron chi connectivity index (χ0n) is 19.3. The summed E-state index contributed by atoms with van der Waals surface area (Å²) in [4.78, 5) is 35.5. The lowest BCUT2D eigenvalue weighted by molar-refractivity contribution is -0.117. The van der Waals surface area contributed by atoms with Gasteiger partial charge in [-0.2, -0.15) is 0 Å². The van der Waals surface area contributed by atoms with Crippen molar-refractivity contribution in [2.24, 2.45) is 0 Å². The molecule has 11 heteroatoms. The zero-order valence-corrected chi connectivity index (χ0v) is 19.3. The highest BCUT2D eigenvalue weighted by atomic mass is 16.6. The standard InChI is InChI=1S/C24H25N5O6/c1-14(23(30)27-18-7-8-25-17-4-6-21(32-2)28-22(17)18)26-12-16-13-29(24(31)35-16)15-3-5-19-20(11-15)34-10-9-33-19/h3-8,11,14,16,26H,9-10,12-13H2,1-2H3,(H,25,27,30)/t14-,16+/m0/s1. The van der Waals surface area contributed by atoms with Gasteiger partial charge in [0.25, 0.3) is 0 Å². The number of ether oxygens (including phenoxy) is 4. The Hall–Kier alpha value is -4.12. The summed E-state index contributed by atoms with van der Waals surface area (Å²) in [5.41, 5.74) is 2.37. The van der Waals surface area contributed by atoms with Crippen LogP contribution in [0.5, 0.6) is 17.4 Å². The fraction of sp³-hybridized carbons (Fsp3) is 0.333. The molecule has 0 saturated carbocycles. The lowest BCUT2D eigenvalue weighted by Crippen LogP contribution is -2.42. The number of methoxy groups -OCH3 is 1. The van der Waals surface area contributed by atoms with Crippen molar-refractivity contribution in [1.29, 1.82) is 0 Å². The number of benzene rings is 1. The highest BCUT2D eigenvalue weighted by molar-refractivity contribution is 6.01. The number of anilines is 2. The van der Waals surface area contributed by atoms with E-state index in [0.29, 0.717) is 66.1 Å². The minimum absolute atomic E-state index is 0.255. The van der Waals surface area contributed by atoms with Gasteiger partial charge in [-0.25, -0.2) is 9.78 Å². The van der Waals surface area contributed by atoms with Gasteiger partial charge in [0, 0.05) is 24.9 Å². The predicted octanol–water partition coefficient (Wildman–Crippen LogP) is 2.35. The van der Waals surface area contributed by atoms with Crippen molar-refractivity contribution in [2.45, 2.75) is 19.1 Å². The number of rotatable bonds is 7. The van der Waals surface area contributed by atoms with E-state index in [9.17, 15) is 9.59 Å². The maximum Gasteiger partial charge on any atom is 0.414 e. The molecule has 0 aliphatic carbocycles. The van der Waals surface area contributed by atoms with Gasteiger partial charge in [-0.05, 0) is 31.2 Å². The summed E-state index contributed by atoms with van der Waals surface area (Å²) in [6, 6.07) is 9.96. The number of aromatic nitrogens is 2. The summed E-state index contributed by atoms with van der Waals surface area (Å²) in [7, 11) is 1.53. The van der Waals surface area contributed by atoms with Crippen molar-refractivity contribution in [3.8, 4) is 17.4 Å². The minimum atomic E-state index is -0.550. The molecular weight excluding hydrogens is 454 g/mol. The second-order valence-corrected chi connectivity index (χ2v) is 8.14. The lowest BCUT2D eigenvalue weighted by atomic mass is 10.2. The van der Waals surface area contributed by atoms with Crippen LogP contribution in [0.3, 0.4) is 0 Å². The summed E-state index contributed by atoms with van der Waals surface area (Å²) >= 11 is 0.